The number of amides is 3. The van der Waals surface area contributed by atoms with Crippen LogP contribution in [-0.4, -0.2) is 31.4 Å². The van der Waals surface area contributed by atoms with Gasteiger partial charge in [-0.15, -0.1) is 11.3 Å². The third kappa shape index (κ3) is 5.46. The van der Waals surface area contributed by atoms with E-state index in [1.165, 1.54) is 25.5 Å². The zero-order valence-electron chi connectivity index (χ0n) is 17.8. The SMILES string of the molecule is CCCOc1ccc(C(=O)NNC(=O)c2sc(NC(=O)c3ccco3)cc2C)cc1OC. The number of carbonyl (C=O) groups excluding carboxylic acids is 3. The van der Waals surface area contributed by atoms with Crippen LogP contribution in [0.5, 0.6) is 11.5 Å². The predicted molar refractivity (Wildman–Crippen MR) is 119 cm³/mol. The van der Waals surface area contributed by atoms with E-state index >= 15 is 0 Å². The number of anilines is 1. The van der Waals surface area contributed by atoms with E-state index in [0.717, 1.165) is 17.8 Å². The van der Waals surface area contributed by atoms with E-state index in [-0.39, 0.29) is 5.76 Å². The van der Waals surface area contributed by atoms with Crippen molar-refractivity contribution in [2.24, 2.45) is 0 Å². The van der Waals surface area contributed by atoms with E-state index in [0.29, 0.717) is 39.1 Å². The molecule has 3 rings (SSSR count). The first kappa shape index (κ1) is 22.9. The summed E-state index contributed by atoms with van der Waals surface area (Å²) in [5, 5.41) is 3.16. The number of hydrogen-bond donors (Lipinski definition) is 3. The molecule has 10 heteroatoms. The molecule has 0 bridgehead atoms. The van der Waals surface area contributed by atoms with E-state index in [1.54, 1.807) is 31.2 Å². The maximum absolute atomic E-state index is 12.5. The summed E-state index contributed by atoms with van der Waals surface area (Å²) in [5.41, 5.74) is 5.71. The lowest BCUT2D eigenvalue weighted by Gasteiger charge is -2.12. The third-order valence-electron chi connectivity index (χ3n) is 4.28. The molecule has 0 aliphatic rings. The number of hydrazine groups is 1. The molecule has 2 heterocycles. The van der Waals surface area contributed by atoms with Gasteiger partial charge >= 0.3 is 0 Å². The molecule has 0 aliphatic heterocycles. The number of thiophene rings is 1. The summed E-state index contributed by atoms with van der Waals surface area (Å²) < 4.78 is 15.9. The van der Waals surface area contributed by atoms with Crippen LogP contribution in [0.15, 0.2) is 47.1 Å². The molecule has 3 amide bonds. The Balaban J connectivity index is 1.61. The number of nitrogens with one attached hydrogen (secondary N) is 3. The van der Waals surface area contributed by atoms with Gasteiger partial charge < -0.3 is 19.2 Å². The summed E-state index contributed by atoms with van der Waals surface area (Å²) in [7, 11) is 1.49. The van der Waals surface area contributed by atoms with Crippen LogP contribution < -0.4 is 25.6 Å². The maximum Gasteiger partial charge on any atom is 0.291 e. The molecular formula is C22H23N3O6S. The van der Waals surface area contributed by atoms with E-state index in [2.05, 4.69) is 16.2 Å². The molecule has 168 valence electrons. The molecule has 0 atom stereocenters. The Bertz CT molecular complexity index is 1110. The minimum absolute atomic E-state index is 0.163. The van der Waals surface area contributed by atoms with E-state index < -0.39 is 17.7 Å². The van der Waals surface area contributed by atoms with Crippen molar-refractivity contribution in [1.82, 2.24) is 10.9 Å². The number of methoxy groups -OCH3 is 1. The second-order valence-corrected chi connectivity index (χ2v) is 7.73. The molecule has 0 saturated heterocycles. The Labute approximate surface area is 188 Å². The number of ether oxygens (including phenoxy) is 2. The molecule has 9 nitrogen and oxygen atoms in total. The van der Waals surface area contributed by atoms with Crippen LogP contribution in [0.25, 0.3) is 0 Å². The van der Waals surface area contributed by atoms with Gasteiger partial charge in [-0.25, -0.2) is 0 Å². The zero-order chi connectivity index (χ0) is 23.1. The van der Waals surface area contributed by atoms with E-state index in [1.807, 2.05) is 6.92 Å². The number of hydrogen-bond acceptors (Lipinski definition) is 7. The predicted octanol–water partition coefficient (Wildman–Crippen LogP) is 3.77. The van der Waals surface area contributed by atoms with Crippen LogP contribution in [0.4, 0.5) is 5.00 Å². The first-order valence-corrected chi connectivity index (χ1v) is 10.6. The van der Waals surface area contributed by atoms with Crippen molar-refractivity contribution < 1.29 is 28.3 Å². The lowest BCUT2D eigenvalue weighted by molar-refractivity contribution is 0.0848. The number of furan rings is 1. The van der Waals surface area contributed by atoms with Crippen LogP contribution in [0.3, 0.4) is 0 Å². The van der Waals surface area contributed by atoms with Gasteiger partial charge in [0.05, 0.1) is 29.9 Å². The van der Waals surface area contributed by atoms with Gasteiger partial charge in [0.1, 0.15) is 0 Å². The van der Waals surface area contributed by atoms with Crippen LogP contribution in [0, 0.1) is 6.92 Å². The Morgan fingerprint density at radius 3 is 2.50 bits per heavy atom. The highest BCUT2D eigenvalue weighted by atomic mass is 32.1. The van der Waals surface area contributed by atoms with E-state index in [9.17, 15) is 14.4 Å². The van der Waals surface area contributed by atoms with Crippen molar-refractivity contribution >= 4 is 34.1 Å². The lowest BCUT2D eigenvalue weighted by atomic mass is 10.2. The summed E-state index contributed by atoms with van der Waals surface area (Å²) in [5.74, 6) is -0.321. The second kappa shape index (κ2) is 10.5. The van der Waals surface area contributed by atoms with Crippen molar-refractivity contribution in [2.75, 3.05) is 19.0 Å². The van der Waals surface area contributed by atoms with Gasteiger partial charge in [-0.2, -0.15) is 0 Å². The molecule has 0 spiro atoms. The molecule has 2 aromatic heterocycles. The molecule has 0 unspecified atom stereocenters. The lowest BCUT2D eigenvalue weighted by Crippen LogP contribution is -2.41. The van der Waals surface area contributed by atoms with Crippen molar-refractivity contribution in [3.63, 3.8) is 0 Å². The first-order chi connectivity index (χ1) is 15.4. The zero-order valence-corrected chi connectivity index (χ0v) is 18.6. The van der Waals surface area contributed by atoms with E-state index in [4.69, 9.17) is 13.9 Å². The fourth-order valence-corrected chi connectivity index (χ4v) is 3.70. The molecule has 0 aliphatic carbocycles. The first-order valence-electron chi connectivity index (χ1n) is 9.79. The minimum Gasteiger partial charge on any atom is -0.493 e. The van der Waals surface area contributed by atoms with Gasteiger partial charge in [0.25, 0.3) is 17.7 Å². The molecular weight excluding hydrogens is 434 g/mol. The quantitative estimate of drug-likeness (QED) is 0.443. The summed E-state index contributed by atoms with van der Waals surface area (Å²) >= 11 is 1.08. The molecule has 32 heavy (non-hydrogen) atoms. The molecule has 3 aromatic rings. The average Bonchev–Trinajstić information content (AvgIpc) is 3.45. The standard InChI is InChI=1S/C22H23N3O6S/c1-4-9-30-15-8-7-14(12-17(15)29-3)20(26)24-25-22(28)19-13(2)11-18(32-19)23-21(27)16-6-5-10-31-16/h5-8,10-12H,4,9H2,1-3H3,(H,23,27)(H,24,26)(H,25,28). The van der Waals surface area contributed by atoms with Crippen molar-refractivity contribution in [3.05, 3.63) is 64.4 Å². The van der Waals surface area contributed by atoms with Crippen molar-refractivity contribution in [1.29, 1.82) is 0 Å². The van der Waals surface area contributed by atoms with Gasteiger partial charge in [0.2, 0.25) is 0 Å². The van der Waals surface area contributed by atoms with Gasteiger partial charge in [-0.3, -0.25) is 25.2 Å². The average molecular weight is 458 g/mol. The molecule has 0 saturated carbocycles. The number of benzene rings is 1. The van der Waals surface area contributed by atoms with Crippen molar-refractivity contribution in [2.45, 2.75) is 20.3 Å². The highest BCUT2D eigenvalue weighted by Crippen LogP contribution is 2.29. The number of carbonyl (C=O) groups is 3. The smallest absolute Gasteiger partial charge is 0.291 e. The van der Waals surface area contributed by atoms with Crippen LogP contribution in [0.2, 0.25) is 0 Å². The summed E-state index contributed by atoms with van der Waals surface area (Å²) in [6.07, 6.45) is 2.24. The van der Waals surface area contributed by atoms with Gasteiger partial charge in [-0.1, -0.05) is 6.92 Å². The Morgan fingerprint density at radius 2 is 1.81 bits per heavy atom. The molecule has 0 radical (unpaired) electrons. The number of aryl methyl sites for hydroxylation is 1. The summed E-state index contributed by atoms with van der Waals surface area (Å²) in [6.45, 7) is 4.25. The van der Waals surface area contributed by atoms with Gasteiger partial charge in [-0.05, 0) is 55.3 Å². The second-order valence-electron chi connectivity index (χ2n) is 6.68. The Morgan fingerprint density at radius 1 is 1.03 bits per heavy atom. The van der Waals surface area contributed by atoms with Crippen molar-refractivity contribution in [3.8, 4) is 11.5 Å². The third-order valence-corrected chi connectivity index (χ3v) is 5.43. The molecule has 0 fully saturated rings. The summed E-state index contributed by atoms with van der Waals surface area (Å²) in [4.78, 5) is 37.4. The normalized spacial score (nSPS) is 10.3. The molecule has 3 N–H and O–H groups in total. The fraction of sp³-hybridized carbons (Fsp3) is 0.227. The minimum atomic E-state index is -0.515. The van der Waals surface area contributed by atoms with Gasteiger partial charge in [0, 0.05) is 5.56 Å². The molecule has 1 aromatic carbocycles. The van der Waals surface area contributed by atoms with Crippen LogP contribution in [-0.2, 0) is 0 Å². The topological polar surface area (TPSA) is 119 Å². The Kier molecular flexibility index (Phi) is 7.50. The Hall–Kier alpha value is -3.79. The highest BCUT2D eigenvalue weighted by molar-refractivity contribution is 7.18. The van der Waals surface area contributed by atoms with Crippen LogP contribution in [0.1, 0.15) is 49.5 Å². The summed E-state index contributed by atoms with van der Waals surface area (Å²) in [6, 6.07) is 9.57. The maximum atomic E-state index is 12.5. The number of rotatable bonds is 8. The fourth-order valence-electron chi connectivity index (χ4n) is 2.73. The van der Waals surface area contributed by atoms with Gasteiger partial charge in [0.15, 0.2) is 17.3 Å². The van der Waals surface area contributed by atoms with Crippen LogP contribution >= 0.6 is 11.3 Å². The monoisotopic (exact) mass is 457 g/mol. The highest BCUT2D eigenvalue weighted by Gasteiger charge is 2.18. The largest absolute Gasteiger partial charge is 0.493 e.